The molecule has 3 heterocycles. The molecule has 0 N–H and O–H groups in total. The van der Waals surface area contributed by atoms with Gasteiger partial charge in [-0.2, -0.15) is 13.2 Å². The Hall–Kier alpha value is -1.90. The normalized spacial score (nSPS) is 19.0. The van der Waals surface area contributed by atoms with E-state index in [1.807, 2.05) is 0 Å². The maximum Gasteiger partial charge on any atom is 0.433 e. The average Bonchev–Trinajstić information content (AvgIpc) is 3.37. The molecule has 140 valence electrons. The Morgan fingerprint density at radius 1 is 1.15 bits per heavy atom. The summed E-state index contributed by atoms with van der Waals surface area (Å²) in [7, 11) is 0. The topological polar surface area (TPSA) is 51.1 Å². The molecule has 9 heteroatoms. The van der Waals surface area contributed by atoms with Crippen LogP contribution in [0.4, 0.5) is 18.3 Å². The summed E-state index contributed by atoms with van der Waals surface area (Å²) in [5.41, 5.74) is -0.924. The lowest BCUT2D eigenvalue weighted by Crippen LogP contribution is -2.35. The van der Waals surface area contributed by atoms with E-state index in [2.05, 4.69) is 20.1 Å². The van der Waals surface area contributed by atoms with E-state index < -0.39 is 11.9 Å². The molecule has 0 radical (unpaired) electrons. The second kappa shape index (κ2) is 7.02. The summed E-state index contributed by atoms with van der Waals surface area (Å²) in [6.07, 6.45) is 0.975. The Morgan fingerprint density at radius 2 is 1.92 bits per heavy atom. The van der Waals surface area contributed by atoms with Gasteiger partial charge in [-0.1, -0.05) is 11.3 Å². The van der Waals surface area contributed by atoms with Crippen LogP contribution in [0.3, 0.4) is 0 Å². The molecule has 0 unspecified atom stereocenters. The fourth-order valence-electron chi connectivity index (χ4n) is 3.01. The van der Waals surface area contributed by atoms with Gasteiger partial charge in [-0.3, -0.25) is 4.98 Å². The van der Waals surface area contributed by atoms with Crippen molar-refractivity contribution in [3.63, 3.8) is 0 Å². The van der Waals surface area contributed by atoms with Crippen LogP contribution in [-0.4, -0.2) is 34.9 Å². The van der Waals surface area contributed by atoms with Crippen molar-refractivity contribution in [2.75, 3.05) is 24.6 Å². The van der Waals surface area contributed by atoms with Gasteiger partial charge in [-0.05, 0) is 37.7 Å². The molecule has 5 nitrogen and oxygen atoms in total. The molecular formula is C17H19F3N4OS. The van der Waals surface area contributed by atoms with Crippen LogP contribution in [0.25, 0.3) is 0 Å². The predicted octanol–water partition coefficient (Wildman–Crippen LogP) is 4.12. The molecule has 2 aromatic heterocycles. The number of hydrogen-bond acceptors (Lipinski definition) is 6. The van der Waals surface area contributed by atoms with Gasteiger partial charge in [0.2, 0.25) is 5.13 Å². The molecule has 0 atom stereocenters. The van der Waals surface area contributed by atoms with Crippen molar-refractivity contribution in [2.45, 2.75) is 37.8 Å². The first-order valence-electron chi connectivity index (χ1n) is 8.73. The van der Waals surface area contributed by atoms with Crippen molar-refractivity contribution < 1.29 is 17.9 Å². The second-order valence-corrected chi connectivity index (χ2v) is 7.80. The number of hydrogen-bond donors (Lipinski definition) is 0. The molecule has 2 fully saturated rings. The maximum atomic E-state index is 12.7. The third kappa shape index (κ3) is 4.08. The minimum Gasteiger partial charge on any atom is -0.493 e. The molecule has 1 saturated carbocycles. The Balaban J connectivity index is 1.27. The summed E-state index contributed by atoms with van der Waals surface area (Å²) >= 11 is 1.68. The van der Waals surface area contributed by atoms with Crippen molar-refractivity contribution in [2.24, 2.45) is 5.92 Å². The van der Waals surface area contributed by atoms with E-state index in [-0.39, 0.29) is 5.75 Å². The lowest BCUT2D eigenvalue weighted by Gasteiger charge is -2.31. The van der Waals surface area contributed by atoms with Gasteiger partial charge in [-0.15, -0.1) is 10.2 Å². The SMILES string of the molecule is FC(F)(F)c1cc(OCC2CCN(c3nnc(C4CC4)s3)CC2)ccn1. The summed E-state index contributed by atoms with van der Waals surface area (Å²) in [4.78, 5) is 5.59. The minimum absolute atomic E-state index is 0.216. The summed E-state index contributed by atoms with van der Waals surface area (Å²) in [6.45, 7) is 2.16. The van der Waals surface area contributed by atoms with Crippen molar-refractivity contribution >= 4 is 16.5 Å². The zero-order valence-electron chi connectivity index (χ0n) is 14.1. The average molecular weight is 384 g/mol. The highest BCUT2D eigenvalue weighted by Crippen LogP contribution is 2.43. The Labute approximate surface area is 153 Å². The number of anilines is 1. The van der Waals surface area contributed by atoms with E-state index in [1.54, 1.807) is 11.3 Å². The molecule has 2 aliphatic rings. The first-order valence-corrected chi connectivity index (χ1v) is 9.55. The van der Waals surface area contributed by atoms with Gasteiger partial charge in [0.25, 0.3) is 0 Å². The van der Waals surface area contributed by atoms with E-state index >= 15 is 0 Å². The van der Waals surface area contributed by atoms with E-state index in [0.29, 0.717) is 18.4 Å². The lowest BCUT2D eigenvalue weighted by molar-refractivity contribution is -0.141. The number of ether oxygens (including phenoxy) is 1. The zero-order chi connectivity index (χ0) is 18.1. The molecule has 1 aliphatic carbocycles. The Kier molecular flexibility index (Phi) is 4.73. The largest absolute Gasteiger partial charge is 0.493 e. The fraction of sp³-hybridized carbons (Fsp3) is 0.588. The number of aromatic nitrogens is 3. The molecule has 0 bridgehead atoms. The molecule has 2 aromatic rings. The van der Waals surface area contributed by atoms with Crippen molar-refractivity contribution in [3.8, 4) is 5.75 Å². The molecule has 26 heavy (non-hydrogen) atoms. The van der Waals surface area contributed by atoms with Crippen molar-refractivity contribution in [3.05, 3.63) is 29.0 Å². The highest BCUT2D eigenvalue weighted by molar-refractivity contribution is 7.15. The predicted molar refractivity (Wildman–Crippen MR) is 91.6 cm³/mol. The van der Waals surface area contributed by atoms with Crippen LogP contribution in [0.2, 0.25) is 0 Å². The van der Waals surface area contributed by atoms with Gasteiger partial charge in [0, 0.05) is 31.3 Å². The quantitative estimate of drug-likeness (QED) is 0.776. The number of halogens is 3. The highest BCUT2D eigenvalue weighted by atomic mass is 32.1. The van der Waals surface area contributed by atoms with Crippen LogP contribution >= 0.6 is 11.3 Å². The van der Waals surface area contributed by atoms with Gasteiger partial charge in [0.15, 0.2) is 0 Å². The van der Waals surface area contributed by atoms with E-state index in [1.165, 1.54) is 18.9 Å². The third-order valence-corrected chi connectivity index (χ3v) is 5.90. The summed E-state index contributed by atoms with van der Waals surface area (Å²) in [5, 5.41) is 10.7. The van der Waals surface area contributed by atoms with Gasteiger partial charge in [-0.25, -0.2) is 0 Å². The number of nitrogens with zero attached hydrogens (tertiary/aromatic N) is 4. The summed E-state index contributed by atoms with van der Waals surface area (Å²) < 4.78 is 43.6. The van der Waals surface area contributed by atoms with Crippen LogP contribution in [0.15, 0.2) is 18.3 Å². The van der Waals surface area contributed by atoms with Crippen LogP contribution in [0, 0.1) is 5.92 Å². The fourth-order valence-corrected chi connectivity index (χ4v) is 4.07. The highest BCUT2D eigenvalue weighted by Gasteiger charge is 2.33. The number of pyridine rings is 1. The molecule has 1 aliphatic heterocycles. The number of piperidine rings is 1. The van der Waals surface area contributed by atoms with Crippen molar-refractivity contribution in [1.29, 1.82) is 0 Å². The minimum atomic E-state index is -4.45. The van der Waals surface area contributed by atoms with E-state index in [9.17, 15) is 13.2 Å². The van der Waals surface area contributed by atoms with Gasteiger partial charge in [0.05, 0.1) is 6.61 Å². The molecule has 0 amide bonds. The van der Waals surface area contributed by atoms with Crippen LogP contribution in [-0.2, 0) is 6.18 Å². The van der Waals surface area contributed by atoms with Gasteiger partial charge in [0.1, 0.15) is 16.5 Å². The van der Waals surface area contributed by atoms with Crippen LogP contribution in [0.1, 0.15) is 42.3 Å². The first kappa shape index (κ1) is 17.5. The lowest BCUT2D eigenvalue weighted by atomic mass is 9.98. The second-order valence-electron chi connectivity index (χ2n) is 6.81. The number of alkyl halides is 3. The van der Waals surface area contributed by atoms with E-state index in [0.717, 1.165) is 48.3 Å². The van der Waals surface area contributed by atoms with Gasteiger partial charge < -0.3 is 9.64 Å². The summed E-state index contributed by atoms with van der Waals surface area (Å²) in [5.74, 6) is 1.16. The van der Waals surface area contributed by atoms with Gasteiger partial charge >= 0.3 is 6.18 Å². The monoisotopic (exact) mass is 384 g/mol. The number of rotatable bonds is 5. The molecular weight excluding hydrogens is 365 g/mol. The van der Waals surface area contributed by atoms with Crippen LogP contribution in [0.5, 0.6) is 5.75 Å². The Bertz CT molecular complexity index is 754. The Morgan fingerprint density at radius 3 is 2.62 bits per heavy atom. The molecule has 4 rings (SSSR count). The smallest absolute Gasteiger partial charge is 0.433 e. The molecule has 0 spiro atoms. The zero-order valence-corrected chi connectivity index (χ0v) is 14.9. The maximum absolute atomic E-state index is 12.7. The molecule has 0 aromatic carbocycles. The van der Waals surface area contributed by atoms with Crippen molar-refractivity contribution in [1.82, 2.24) is 15.2 Å². The third-order valence-electron chi connectivity index (χ3n) is 4.75. The van der Waals surface area contributed by atoms with E-state index in [4.69, 9.17) is 4.74 Å². The summed E-state index contributed by atoms with van der Waals surface area (Å²) in [6, 6.07) is 2.42. The molecule has 1 saturated heterocycles. The standard InChI is InChI=1S/C17H19F3N4OS/c18-17(19,20)14-9-13(3-6-21-14)25-10-11-4-7-24(8-5-11)16-23-22-15(26-16)12-1-2-12/h3,6,9,11-12H,1-2,4-5,7-8,10H2. The van der Waals surface area contributed by atoms with Crippen LogP contribution < -0.4 is 9.64 Å². The first-order chi connectivity index (χ1) is 12.5.